The van der Waals surface area contributed by atoms with Crippen molar-refractivity contribution in [2.24, 2.45) is 0 Å². The van der Waals surface area contributed by atoms with E-state index < -0.39 is 10.0 Å². The molecule has 0 saturated carbocycles. The molecule has 0 fully saturated rings. The molecule has 0 bridgehead atoms. The molecule has 0 saturated heterocycles. The lowest BCUT2D eigenvalue weighted by Crippen LogP contribution is -2.26. The standard InChI is InChI=1S/C22H25N3O3S/c1-15-20(21-10-3-6-17-7-5-13-25(15)22(17)21)11-12-23-29(27,28)19-9-4-8-18(14-19)24-16(2)26/h3-4,6,8-10,14,23H,5,7,11-13H2,1-2H3,(H,24,26). The molecule has 0 atom stereocenters. The fraction of sp³-hybridized carbons (Fsp3) is 0.318. The van der Waals surface area contributed by atoms with E-state index in [9.17, 15) is 13.2 Å². The third-order valence-electron chi connectivity index (χ3n) is 5.52. The van der Waals surface area contributed by atoms with E-state index >= 15 is 0 Å². The van der Waals surface area contributed by atoms with Gasteiger partial charge in [-0.2, -0.15) is 0 Å². The molecule has 0 unspecified atom stereocenters. The highest BCUT2D eigenvalue weighted by atomic mass is 32.2. The number of nitrogens with one attached hydrogen (secondary N) is 2. The van der Waals surface area contributed by atoms with Crippen LogP contribution in [0.25, 0.3) is 10.9 Å². The van der Waals surface area contributed by atoms with Crippen LogP contribution in [-0.2, 0) is 34.2 Å². The topological polar surface area (TPSA) is 80.2 Å². The van der Waals surface area contributed by atoms with Crippen LogP contribution in [0, 0.1) is 6.92 Å². The van der Waals surface area contributed by atoms with Gasteiger partial charge in [0.2, 0.25) is 15.9 Å². The molecule has 1 aliphatic rings. The van der Waals surface area contributed by atoms with Gasteiger partial charge in [-0.05, 0) is 55.5 Å². The van der Waals surface area contributed by atoms with Crippen LogP contribution in [0.4, 0.5) is 5.69 Å². The number of aryl methyl sites for hydroxylation is 2. The van der Waals surface area contributed by atoms with Gasteiger partial charge in [0.25, 0.3) is 0 Å². The van der Waals surface area contributed by atoms with Crippen molar-refractivity contribution < 1.29 is 13.2 Å². The fourth-order valence-corrected chi connectivity index (χ4v) is 5.32. The number of carbonyl (C=O) groups excluding carboxylic acids is 1. The number of sulfonamides is 1. The lowest BCUT2D eigenvalue weighted by atomic mass is 10.0. The number of aromatic nitrogens is 1. The van der Waals surface area contributed by atoms with Crippen LogP contribution in [-0.4, -0.2) is 25.4 Å². The number of amides is 1. The summed E-state index contributed by atoms with van der Waals surface area (Å²) in [7, 11) is -3.66. The van der Waals surface area contributed by atoms with E-state index in [1.54, 1.807) is 12.1 Å². The SMILES string of the molecule is CC(=O)Nc1cccc(S(=O)(=O)NCCc2c(C)n3c4c(cccc24)CCC3)c1. The first-order valence-electron chi connectivity index (χ1n) is 9.84. The number of hydrogen-bond acceptors (Lipinski definition) is 3. The quantitative estimate of drug-likeness (QED) is 0.653. The minimum atomic E-state index is -3.66. The summed E-state index contributed by atoms with van der Waals surface area (Å²) in [6, 6.07) is 12.7. The Labute approximate surface area is 171 Å². The second-order valence-electron chi connectivity index (χ2n) is 7.49. The molecule has 7 heteroatoms. The number of rotatable bonds is 6. The number of carbonyl (C=O) groups is 1. The van der Waals surface area contributed by atoms with Gasteiger partial charge in [-0.25, -0.2) is 13.1 Å². The normalized spacial score (nSPS) is 13.6. The Morgan fingerprint density at radius 1 is 1.17 bits per heavy atom. The van der Waals surface area contributed by atoms with Gasteiger partial charge in [-0.3, -0.25) is 4.79 Å². The molecular weight excluding hydrogens is 386 g/mol. The van der Waals surface area contributed by atoms with Gasteiger partial charge in [0.05, 0.1) is 10.4 Å². The van der Waals surface area contributed by atoms with Gasteiger partial charge in [0, 0.05) is 36.8 Å². The van der Waals surface area contributed by atoms with Crippen molar-refractivity contribution in [2.45, 2.75) is 44.6 Å². The molecule has 2 aromatic carbocycles. The van der Waals surface area contributed by atoms with Crippen LogP contribution >= 0.6 is 0 Å². The molecule has 0 spiro atoms. The zero-order chi connectivity index (χ0) is 20.6. The summed E-state index contributed by atoms with van der Waals surface area (Å²) in [6.45, 7) is 4.84. The van der Waals surface area contributed by atoms with Crippen LogP contribution < -0.4 is 10.0 Å². The van der Waals surface area contributed by atoms with E-state index in [1.807, 2.05) is 0 Å². The van der Waals surface area contributed by atoms with Crippen molar-refractivity contribution >= 4 is 32.5 Å². The largest absolute Gasteiger partial charge is 0.344 e. The van der Waals surface area contributed by atoms with Crippen molar-refractivity contribution in [1.82, 2.24) is 9.29 Å². The first kappa shape index (κ1) is 19.7. The Balaban J connectivity index is 1.53. The molecule has 3 aromatic rings. The predicted octanol–water partition coefficient (Wildman–Crippen LogP) is 3.38. The fourth-order valence-electron chi connectivity index (χ4n) is 4.24. The second-order valence-corrected chi connectivity index (χ2v) is 9.26. The summed E-state index contributed by atoms with van der Waals surface area (Å²) in [5, 5.41) is 3.84. The molecule has 4 rings (SSSR count). The van der Waals surface area contributed by atoms with E-state index in [1.165, 1.54) is 46.8 Å². The number of para-hydroxylation sites is 1. The summed E-state index contributed by atoms with van der Waals surface area (Å²) >= 11 is 0. The van der Waals surface area contributed by atoms with E-state index in [0.29, 0.717) is 18.7 Å². The van der Waals surface area contributed by atoms with Crippen molar-refractivity contribution in [3.05, 3.63) is 59.3 Å². The molecular formula is C22H25N3O3S. The average molecular weight is 412 g/mol. The zero-order valence-corrected chi connectivity index (χ0v) is 17.5. The third kappa shape index (κ3) is 3.80. The third-order valence-corrected chi connectivity index (χ3v) is 6.97. The number of hydrogen-bond donors (Lipinski definition) is 2. The molecule has 6 nitrogen and oxygen atoms in total. The van der Waals surface area contributed by atoms with Gasteiger partial charge in [-0.1, -0.05) is 24.3 Å². The Hall–Kier alpha value is -2.64. The number of nitrogens with zero attached hydrogens (tertiary/aromatic N) is 1. The molecule has 2 heterocycles. The van der Waals surface area contributed by atoms with Crippen LogP contribution in [0.1, 0.15) is 30.2 Å². The van der Waals surface area contributed by atoms with Crippen LogP contribution in [0.2, 0.25) is 0 Å². The Morgan fingerprint density at radius 3 is 2.76 bits per heavy atom. The van der Waals surface area contributed by atoms with E-state index in [-0.39, 0.29) is 10.8 Å². The molecule has 152 valence electrons. The van der Waals surface area contributed by atoms with Gasteiger partial charge in [-0.15, -0.1) is 0 Å². The molecule has 29 heavy (non-hydrogen) atoms. The van der Waals surface area contributed by atoms with Gasteiger partial charge < -0.3 is 9.88 Å². The summed E-state index contributed by atoms with van der Waals surface area (Å²) in [6.07, 6.45) is 2.86. The maximum atomic E-state index is 12.7. The summed E-state index contributed by atoms with van der Waals surface area (Å²) in [5.74, 6) is -0.240. The van der Waals surface area contributed by atoms with Crippen molar-refractivity contribution in [1.29, 1.82) is 0 Å². The van der Waals surface area contributed by atoms with Crippen LogP contribution in [0.15, 0.2) is 47.4 Å². The monoisotopic (exact) mass is 411 g/mol. The highest BCUT2D eigenvalue weighted by Crippen LogP contribution is 2.32. The predicted molar refractivity (Wildman–Crippen MR) is 115 cm³/mol. The molecule has 2 N–H and O–H groups in total. The second kappa shape index (κ2) is 7.65. The highest BCUT2D eigenvalue weighted by molar-refractivity contribution is 7.89. The minimum absolute atomic E-state index is 0.142. The van der Waals surface area contributed by atoms with E-state index in [2.05, 4.69) is 39.7 Å². The molecule has 0 aliphatic carbocycles. The maximum absolute atomic E-state index is 12.7. The lowest BCUT2D eigenvalue weighted by Gasteiger charge is -2.16. The minimum Gasteiger partial charge on any atom is -0.344 e. The van der Waals surface area contributed by atoms with Crippen molar-refractivity contribution in [2.75, 3.05) is 11.9 Å². The Kier molecular flexibility index (Phi) is 5.19. The average Bonchev–Trinajstić information content (AvgIpc) is 2.96. The molecule has 1 aliphatic heterocycles. The highest BCUT2D eigenvalue weighted by Gasteiger charge is 2.20. The van der Waals surface area contributed by atoms with Gasteiger partial charge >= 0.3 is 0 Å². The van der Waals surface area contributed by atoms with E-state index in [4.69, 9.17) is 0 Å². The molecule has 0 radical (unpaired) electrons. The van der Waals surface area contributed by atoms with Crippen LogP contribution in [0.3, 0.4) is 0 Å². The smallest absolute Gasteiger partial charge is 0.240 e. The summed E-state index contributed by atoms with van der Waals surface area (Å²) < 4.78 is 30.5. The first-order valence-corrected chi connectivity index (χ1v) is 11.3. The number of benzene rings is 2. The first-order chi connectivity index (χ1) is 13.9. The molecule has 1 amide bonds. The van der Waals surface area contributed by atoms with Crippen molar-refractivity contribution in [3.63, 3.8) is 0 Å². The lowest BCUT2D eigenvalue weighted by molar-refractivity contribution is -0.114. The van der Waals surface area contributed by atoms with Gasteiger partial charge in [0.15, 0.2) is 0 Å². The zero-order valence-electron chi connectivity index (χ0n) is 16.7. The summed E-state index contributed by atoms with van der Waals surface area (Å²) in [4.78, 5) is 11.4. The van der Waals surface area contributed by atoms with Crippen molar-refractivity contribution in [3.8, 4) is 0 Å². The maximum Gasteiger partial charge on any atom is 0.240 e. The Bertz CT molecular complexity index is 1200. The molecule has 1 aromatic heterocycles. The summed E-state index contributed by atoms with van der Waals surface area (Å²) in [5.41, 5.74) is 5.57. The van der Waals surface area contributed by atoms with E-state index in [0.717, 1.165) is 19.4 Å². The Morgan fingerprint density at radius 2 is 1.97 bits per heavy atom. The van der Waals surface area contributed by atoms with Crippen LogP contribution in [0.5, 0.6) is 0 Å². The number of anilines is 1. The van der Waals surface area contributed by atoms with Gasteiger partial charge in [0.1, 0.15) is 0 Å².